The minimum absolute atomic E-state index is 0.0719. The number of cyclic esters (lactones) is 1. The molecule has 9 heteroatoms. The Bertz CT molecular complexity index is 1380. The maximum Gasteiger partial charge on any atom is 0.338 e. The number of esters is 1. The van der Waals surface area contributed by atoms with E-state index < -0.39 is 12.5 Å². The van der Waals surface area contributed by atoms with Crippen molar-refractivity contribution in [1.82, 2.24) is 20.4 Å². The second-order valence-corrected chi connectivity index (χ2v) is 8.57. The first kappa shape index (κ1) is 19.7. The number of carbonyl (C=O) groups is 1. The van der Waals surface area contributed by atoms with Gasteiger partial charge in [-0.05, 0) is 31.0 Å². The third-order valence-corrected chi connectivity index (χ3v) is 6.21. The van der Waals surface area contributed by atoms with Crippen molar-refractivity contribution in [3.8, 4) is 23.2 Å². The summed E-state index contributed by atoms with van der Waals surface area (Å²) in [5.41, 5.74) is 3.68. The van der Waals surface area contributed by atoms with Gasteiger partial charge < -0.3 is 19.3 Å². The zero-order chi connectivity index (χ0) is 25.6. The maximum atomic E-state index is 12.1. The molecule has 3 aromatic rings. The molecular weight excluding hydrogens is 434 g/mol. The van der Waals surface area contributed by atoms with E-state index in [0.717, 1.165) is 17.7 Å². The van der Waals surface area contributed by atoms with Gasteiger partial charge in [0.2, 0.25) is 0 Å². The fourth-order valence-electron chi connectivity index (χ4n) is 4.60. The van der Waals surface area contributed by atoms with Gasteiger partial charge >= 0.3 is 5.97 Å². The van der Waals surface area contributed by atoms with Gasteiger partial charge in [0.25, 0.3) is 0 Å². The largest absolute Gasteiger partial charge is 0.495 e. The predicted molar refractivity (Wildman–Crippen MR) is 122 cm³/mol. The van der Waals surface area contributed by atoms with Gasteiger partial charge in [0.15, 0.2) is 5.76 Å². The highest BCUT2D eigenvalue weighted by Crippen LogP contribution is 2.31. The van der Waals surface area contributed by atoms with E-state index >= 15 is 0 Å². The molecule has 1 saturated heterocycles. The van der Waals surface area contributed by atoms with Crippen molar-refractivity contribution in [2.75, 3.05) is 20.2 Å². The van der Waals surface area contributed by atoms with Gasteiger partial charge in [-0.15, -0.1) is 0 Å². The Balaban J connectivity index is 1.35. The van der Waals surface area contributed by atoms with Gasteiger partial charge in [-0.3, -0.25) is 9.88 Å². The maximum absolute atomic E-state index is 12.1. The highest BCUT2D eigenvalue weighted by molar-refractivity contribution is 5.94. The number of methoxy groups -OCH3 is 1. The van der Waals surface area contributed by atoms with Crippen LogP contribution in [-0.4, -0.2) is 47.3 Å². The van der Waals surface area contributed by atoms with E-state index in [1.54, 1.807) is 12.1 Å². The molecule has 34 heavy (non-hydrogen) atoms. The van der Waals surface area contributed by atoms with Crippen molar-refractivity contribution in [3.05, 3.63) is 64.0 Å². The molecular formula is C25H25N5O4. The Labute approximate surface area is 200 Å². The Morgan fingerprint density at radius 3 is 3.00 bits per heavy atom. The quantitative estimate of drug-likeness (QED) is 0.572. The van der Waals surface area contributed by atoms with Crippen molar-refractivity contribution in [2.24, 2.45) is 0 Å². The van der Waals surface area contributed by atoms with Crippen LogP contribution in [0.4, 0.5) is 0 Å². The zero-order valence-corrected chi connectivity index (χ0v) is 19.1. The lowest BCUT2D eigenvalue weighted by Crippen LogP contribution is -2.50. The molecule has 0 aliphatic carbocycles. The molecule has 0 unspecified atom stereocenters. The lowest BCUT2D eigenvalue weighted by atomic mass is 9.92. The summed E-state index contributed by atoms with van der Waals surface area (Å²) in [6, 6.07) is 9.15. The first-order valence-electron chi connectivity index (χ1n) is 12.0. The summed E-state index contributed by atoms with van der Waals surface area (Å²) in [5, 5.41) is 16.9. The summed E-state index contributed by atoms with van der Waals surface area (Å²) in [6.45, 7) is 3.75. The number of hydrogen-bond acceptors (Lipinski definition) is 9. The van der Waals surface area contributed by atoms with Crippen LogP contribution in [0.1, 0.15) is 54.1 Å². The molecule has 1 fully saturated rings. The van der Waals surface area contributed by atoms with Crippen LogP contribution in [0.2, 0.25) is 0 Å². The standard InChI is InChI=1S/C25H25N5O4/c1-14-10-30(12-23(28-14)18-4-5-19-20(15(18)2)13-33-25(19)31)11-17-6-22(29-34-17)21-7-24(32-3)16(8-26)9-27-21/h4-7,9,14,23,28H,10-13H2,1-3H3/t14-,23-/m0/s1/i13D2. The van der Waals surface area contributed by atoms with Crippen LogP contribution in [0.5, 0.6) is 5.75 Å². The van der Waals surface area contributed by atoms with Crippen molar-refractivity contribution in [3.63, 3.8) is 0 Å². The number of aromatic nitrogens is 2. The van der Waals surface area contributed by atoms with Crippen LogP contribution >= 0.6 is 0 Å². The molecule has 2 aliphatic rings. The smallest absolute Gasteiger partial charge is 0.338 e. The third kappa shape index (κ3) is 4.02. The fourth-order valence-corrected chi connectivity index (χ4v) is 4.60. The van der Waals surface area contributed by atoms with Gasteiger partial charge in [0.1, 0.15) is 29.6 Å². The summed E-state index contributed by atoms with van der Waals surface area (Å²) in [7, 11) is 1.50. The van der Waals surface area contributed by atoms with Crippen LogP contribution in [0.25, 0.3) is 11.4 Å². The Hall–Kier alpha value is -3.74. The molecule has 2 aliphatic heterocycles. The molecule has 1 aromatic carbocycles. The number of fused-ring (bicyclic) bond motifs is 1. The van der Waals surface area contributed by atoms with Gasteiger partial charge in [0, 0.05) is 49.1 Å². The van der Waals surface area contributed by atoms with Crippen molar-refractivity contribution in [1.29, 1.82) is 5.26 Å². The normalized spacial score (nSPS) is 22.4. The highest BCUT2D eigenvalue weighted by Gasteiger charge is 2.30. The van der Waals surface area contributed by atoms with Crippen LogP contribution in [0, 0.1) is 18.3 Å². The average molecular weight is 462 g/mol. The van der Waals surface area contributed by atoms with Crippen LogP contribution in [0.15, 0.2) is 35.0 Å². The summed E-state index contributed by atoms with van der Waals surface area (Å²) in [5.74, 6) is 0.461. The molecule has 0 amide bonds. The van der Waals surface area contributed by atoms with E-state index in [2.05, 4.69) is 27.3 Å². The number of nitrogens with one attached hydrogen (secondary N) is 1. The Morgan fingerprint density at radius 2 is 2.21 bits per heavy atom. The summed E-state index contributed by atoms with van der Waals surface area (Å²) < 4.78 is 32.1. The monoisotopic (exact) mass is 461 g/mol. The van der Waals surface area contributed by atoms with Crippen LogP contribution in [-0.2, 0) is 17.8 Å². The second-order valence-electron chi connectivity index (χ2n) is 8.57. The van der Waals surface area contributed by atoms with Crippen molar-refractivity contribution in [2.45, 2.75) is 39.0 Å². The number of ether oxygens (including phenoxy) is 2. The number of benzene rings is 1. The molecule has 9 nitrogen and oxygen atoms in total. The number of nitriles is 1. The molecule has 1 N–H and O–H groups in total. The highest BCUT2D eigenvalue weighted by atomic mass is 16.5. The SMILES string of the molecule is [2H]C1([2H])OC(=O)c2ccc([C@@H]3CN(Cc4cc(-c5cc(OC)c(C#N)cn5)no4)C[C@H](C)N3)c(C)c21. The predicted octanol–water partition coefficient (Wildman–Crippen LogP) is 3.13. The van der Waals surface area contributed by atoms with Gasteiger partial charge in [-0.1, -0.05) is 11.2 Å². The average Bonchev–Trinajstić information content (AvgIpc) is 3.39. The van der Waals surface area contributed by atoms with E-state index in [1.807, 2.05) is 25.1 Å². The van der Waals surface area contributed by atoms with Gasteiger partial charge in [-0.25, -0.2) is 4.79 Å². The molecule has 2 aromatic heterocycles. The summed E-state index contributed by atoms with van der Waals surface area (Å²) in [6.07, 6.45) is 1.45. The first-order chi connectivity index (χ1) is 17.2. The fraction of sp³-hybridized carbons (Fsp3) is 0.360. The zero-order valence-electron chi connectivity index (χ0n) is 21.1. The number of hydrogen-bond donors (Lipinski definition) is 1. The van der Waals surface area contributed by atoms with E-state index in [4.69, 9.17) is 22.0 Å². The molecule has 0 spiro atoms. The van der Waals surface area contributed by atoms with Gasteiger partial charge in [-0.2, -0.15) is 5.26 Å². The second kappa shape index (κ2) is 8.89. The van der Waals surface area contributed by atoms with E-state index in [9.17, 15) is 4.79 Å². The lowest BCUT2D eigenvalue weighted by Gasteiger charge is -2.38. The number of carbonyl (C=O) groups excluding carboxylic acids is 1. The number of nitrogens with zero attached hydrogens (tertiary/aromatic N) is 4. The molecule has 2 atom stereocenters. The summed E-state index contributed by atoms with van der Waals surface area (Å²) >= 11 is 0. The van der Waals surface area contributed by atoms with Crippen LogP contribution < -0.4 is 10.1 Å². The molecule has 4 heterocycles. The summed E-state index contributed by atoms with van der Waals surface area (Å²) in [4.78, 5) is 18.6. The van der Waals surface area contributed by atoms with Crippen molar-refractivity contribution < 1.29 is 21.5 Å². The van der Waals surface area contributed by atoms with Crippen molar-refractivity contribution >= 4 is 5.97 Å². The van der Waals surface area contributed by atoms with E-state index in [1.165, 1.54) is 13.3 Å². The Kier molecular flexibility index (Phi) is 5.15. The number of piperazine rings is 1. The molecule has 0 radical (unpaired) electrons. The molecule has 0 saturated carbocycles. The lowest BCUT2D eigenvalue weighted by molar-refractivity contribution is 0.0535. The number of pyridine rings is 1. The van der Waals surface area contributed by atoms with E-state index in [-0.39, 0.29) is 17.6 Å². The molecule has 0 bridgehead atoms. The topological polar surface area (TPSA) is 114 Å². The minimum atomic E-state index is -2.13. The van der Waals surface area contributed by atoms with E-state index in [0.29, 0.717) is 47.1 Å². The Morgan fingerprint density at radius 1 is 1.35 bits per heavy atom. The first-order valence-corrected chi connectivity index (χ1v) is 11.0. The van der Waals surface area contributed by atoms with Crippen LogP contribution in [0.3, 0.4) is 0 Å². The molecule has 5 rings (SSSR count). The minimum Gasteiger partial charge on any atom is -0.495 e. The number of rotatable bonds is 5. The third-order valence-electron chi connectivity index (χ3n) is 6.21. The molecule has 174 valence electrons. The van der Waals surface area contributed by atoms with Gasteiger partial charge in [0.05, 0.1) is 27.7 Å².